The molecule has 0 saturated carbocycles. The van der Waals surface area contributed by atoms with Gasteiger partial charge in [0.25, 0.3) is 0 Å². The van der Waals surface area contributed by atoms with Crippen molar-refractivity contribution >= 4 is 17.4 Å². The van der Waals surface area contributed by atoms with Gasteiger partial charge in [0, 0.05) is 12.6 Å². The molecule has 0 aliphatic heterocycles. The number of halogens is 1. The normalized spacial score (nSPS) is 10.6. The van der Waals surface area contributed by atoms with Crippen molar-refractivity contribution in [3.05, 3.63) is 41.0 Å². The van der Waals surface area contributed by atoms with Gasteiger partial charge in [-0.3, -0.25) is 0 Å². The summed E-state index contributed by atoms with van der Waals surface area (Å²) in [6.45, 7) is 0.682. The van der Waals surface area contributed by atoms with Gasteiger partial charge in [-0.25, -0.2) is 4.68 Å². The van der Waals surface area contributed by atoms with E-state index in [2.05, 4.69) is 10.4 Å². The molecule has 4 nitrogen and oxygen atoms in total. The molecule has 1 aromatic heterocycles. The van der Waals surface area contributed by atoms with E-state index in [-0.39, 0.29) is 0 Å². The molecule has 0 radical (unpaired) electrons. The van der Waals surface area contributed by atoms with Gasteiger partial charge < -0.3 is 11.1 Å². The minimum Gasteiger partial charge on any atom is -0.384 e. The Labute approximate surface area is 99.0 Å². The van der Waals surface area contributed by atoms with Crippen molar-refractivity contribution in [3.63, 3.8) is 0 Å². The lowest BCUT2D eigenvalue weighted by molar-refractivity contribution is 0.759. The third-order valence-corrected chi connectivity index (χ3v) is 2.55. The molecule has 0 fully saturated rings. The Hall–Kier alpha value is -1.52. The van der Waals surface area contributed by atoms with E-state index in [1.165, 1.54) is 0 Å². The lowest BCUT2D eigenvalue weighted by Gasteiger charge is -2.05. The summed E-state index contributed by atoms with van der Waals surface area (Å²) in [5.74, 6) is 0.582. The Morgan fingerprint density at radius 2 is 2.19 bits per heavy atom. The van der Waals surface area contributed by atoms with Gasteiger partial charge in [-0.15, -0.1) is 0 Å². The van der Waals surface area contributed by atoms with E-state index < -0.39 is 0 Å². The van der Waals surface area contributed by atoms with Gasteiger partial charge in [-0.2, -0.15) is 5.10 Å². The van der Waals surface area contributed by atoms with Crippen molar-refractivity contribution in [2.45, 2.75) is 6.54 Å². The van der Waals surface area contributed by atoms with Crippen molar-refractivity contribution in [2.24, 2.45) is 0 Å². The fourth-order valence-electron chi connectivity index (χ4n) is 1.53. The quantitative estimate of drug-likeness (QED) is 0.855. The Balaban J connectivity index is 2.44. The zero-order valence-electron chi connectivity index (χ0n) is 8.94. The summed E-state index contributed by atoms with van der Waals surface area (Å²) >= 11 is 6.09. The molecular weight excluding hydrogens is 224 g/mol. The second-order valence-corrected chi connectivity index (χ2v) is 3.86. The third kappa shape index (κ3) is 2.03. The fourth-order valence-corrected chi connectivity index (χ4v) is 1.75. The van der Waals surface area contributed by atoms with Crippen LogP contribution >= 0.6 is 11.6 Å². The van der Waals surface area contributed by atoms with Crippen LogP contribution in [0.25, 0.3) is 5.69 Å². The van der Waals surface area contributed by atoms with Crippen LogP contribution in [0.5, 0.6) is 0 Å². The standard InChI is InChI=1S/C11H13ClN4/c1-14-7-8-6-11(13)16(15-8)10-5-3-2-4-9(10)12/h2-6,14H,7,13H2,1H3. The molecule has 2 aromatic rings. The number of para-hydroxylation sites is 1. The SMILES string of the molecule is CNCc1cc(N)n(-c2ccccc2Cl)n1. The van der Waals surface area contributed by atoms with Gasteiger partial charge in [-0.05, 0) is 19.2 Å². The maximum atomic E-state index is 6.09. The first kappa shape index (κ1) is 11.0. The zero-order chi connectivity index (χ0) is 11.5. The van der Waals surface area contributed by atoms with E-state index in [0.717, 1.165) is 11.4 Å². The first-order chi connectivity index (χ1) is 7.72. The number of benzene rings is 1. The van der Waals surface area contributed by atoms with Crippen LogP contribution < -0.4 is 11.1 Å². The number of nitrogens with zero attached hydrogens (tertiary/aromatic N) is 2. The molecule has 0 saturated heterocycles. The number of nitrogen functional groups attached to an aromatic ring is 1. The first-order valence-electron chi connectivity index (χ1n) is 4.96. The number of hydrogen-bond donors (Lipinski definition) is 2. The average molecular weight is 237 g/mol. The van der Waals surface area contributed by atoms with E-state index in [9.17, 15) is 0 Å². The summed E-state index contributed by atoms with van der Waals surface area (Å²) in [4.78, 5) is 0. The minimum atomic E-state index is 0.582. The van der Waals surface area contributed by atoms with Crippen LogP contribution in [0.3, 0.4) is 0 Å². The van der Waals surface area contributed by atoms with Crippen molar-refractivity contribution in [2.75, 3.05) is 12.8 Å². The van der Waals surface area contributed by atoms with Gasteiger partial charge in [0.1, 0.15) is 5.82 Å². The van der Waals surface area contributed by atoms with E-state index >= 15 is 0 Å². The van der Waals surface area contributed by atoms with E-state index in [0.29, 0.717) is 17.4 Å². The number of rotatable bonds is 3. The third-order valence-electron chi connectivity index (χ3n) is 2.23. The van der Waals surface area contributed by atoms with Crippen LogP contribution in [0.4, 0.5) is 5.82 Å². The van der Waals surface area contributed by atoms with Crippen LogP contribution in [-0.4, -0.2) is 16.8 Å². The molecule has 16 heavy (non-hydrogen) atoms. The molecule has 0 aliphatic carbocycles. The highest BCUT2D eigenvalue weighted by Crippen LogP contribution is 2.22. The molecule has 1 aromatic carbocycles. The summed E-state index contributed by atoms with van der Waals surface area (Å²) in [6, 6.07) is 9.31. The molecule has 0 aliphatic rings. The van der Waals surface area contributed by atoms with E-state index in [4.69, 9.17) is 17.3 Å². The van der Waals surface area contributed by atoms with Crippen LogP contribution in [0.2, 0.25) is 5.02 Å². The Morgan fingerprint density at radius 1 is 1.44 bits per heavy atom. The number of nitrogens with one attached hydrogen (secondary N) is 1. The van der Waals surface area contributed by atoms with Gasteiger partial charge >= 0.3 is 0 Å². The fraction of sp³-hybridized carbons (Fsp3) is 0.182. The van der Waals surface area contributed by atoms with Gasteiger partial charge in [0.2, 0.25) is 0 Å². The number of aromatic nitrogens is 2. The predicted molar refractivity (Wildman–Crippen MR) is 65.8 cm³/mol. The first-order valence-corrected chi connectivity index (χ1v) is 5.34. The average Bonchev–Trinajstić information content (AvgIpc) is 2.61. The van der Waals surface area contributed by atoms with Crippen molar-refractivity contribution in [1.82, 2.24) is 15.1 Å². The van der Waals surface area contributed by atoms with Gasteiger partial charge in [-0.1, -0.05) is 23.7 Å². The Kier molecular flexibility index (Phi) is 3.12. The molecule has 5 heteroatoms. The lowest BCUT2D eigenvalue weighted by atomic mass is 10.3. The molecular formula is C11H13ClN4. The number of hydrogen-bond acceptors (Lipinski definition) is 3. The summed E-state index contributed by atoms with van der Waals surface area (Å²) in [6.07, 6.45) is 0. The highest BCUT2D eigenvalue weighted by molar-refractivity contribution is 6.32. The van der Waals surface area contributed by atoms with E-state index in [1.54, 1.807) is 4.68 Å². The summed E-state index contributed by atoms with van der Waals surface area (Å²) in [5.41, 5.74) is 7.57. The van der Waals surface area contributed by atoms with Crippen molar-refractivity contribution in [3.8, 4) is 5.69 Å². The monoisotopic (exact) mass is 236 g/mol. The highest BCUT2D eigenvalue weighted by atomic mass is 35.5. The maximum absolute atomic E-state index is 6.09. The predicted octanol–water partition coefficient (Wildman–Crippen LogP) is 1.83. The molecule has 2 rings (SSSR count). The van der Waals surface area contributed by atoms with Crippen LogP contribution in [0.1, 0.15) is 5.69 Å². The largest absolute Gasteiger partial charge is 0.384 e. The smallest absolute Gasteiger partial charge is 0.127 e. The molecule has 0 amide bonds. The lowest BCUT2D eigenvalue weighted by Crippen LogP contribution is -2.07. The van der Waals surface area contributed by atoms with Crippen LogP contribution in [0.15, 0.2) is 30.3 Å². The second-order valence-electron chi connectivity index (χ2n) is 3.45. The number of nitrogens with two attached hydrogens (primary N) is 1. The van der Waals surface area contributed by atoms with Crippen molar-refractivity contribution in [1.29, 1.82) is 0 Å². The summed E-state index contributed by atoms with van der Waals surface area (Å²) in [7, 11) is 1.87. The molecule has 0 atom stereocenters. The second kappa shape index (κ2) is 4.55. The molecule has 0 bridgehead atoms. The molecule has 0 spiro atoms. The topological polar surface area (TPSA) is 55.9 Å². The number of anilines is 1. The Morgan fingerprint density at radius 3 is 2.88 bits per heavy atom. The van der Waals surface area contributed by atoms with E-state index in [1.807, 2.05) is 37.4 Å². The van der Waals surface area contributed by atoms with Gasteiger partial charge in [0.15, 0.2) is 0 Å². The molecule has 0 unspecified atom stereocenters. The zero-order valence-corrected chi connectivity index (χ0v) is 9.70. The summed E-state index contributed by atoms with van der Waals surface area (Å²) < 4.78 is 1.65. The van der Waals surface area contributed by atoms with Crippen LogP contribution in [0, 0.1) is 0 Å². The minimum absolute atomic E-state index is 0.582. The molecule has 1 heterocycles. The molecule has 3 N–H and O–H groups in total. The van der Waals surface area contributed by atoms with Crippen LogP contribution in [-0.2, 0) is 6.54 Å². The maximum Gasteiger partial charge on any atom is 0.127 e. The van der Waals surface area contributed by atoms with Gasteiger partial charge in [0.05, 0.1) is 16.4 Å². The van der Waals surface area contributed by atoms with Crippen molar-refractivity contribution < 1.29 is 0 Å². The summed E-state index contributed by atoms with van der Waals surface area (Å²) in [5, 5.41) is 8.03. The molecule has 84 valence electrons. The Bertz CT molecular complexity index is 492. The highest BCUT2D eigenvalue weighted by Gasteiger charge is 2.08.